The highest BCUT2D eigenvalue weighted by Crippen LogP contribution is 2.27. The van der Waals surface area contributed by atoms with Crippen molar-refractivity contribution in [2.75, 3.05) is 41.4 Å². The zero-order valence-corrected chi connectivity index (χ0v) is 12.9. The van der Waals surface area contributed by atoms with Gasteiger partial charge >= 0.3 is 12.1 Å². The third kappa shape index (κ3) is 4.17. The molecule has 0 aromatic heterocycles. The van der Waals surface area contributed by atoms with E-state index in [1.165, 1.54) is 12.1 Å². The molecule has 118 valence electrons. The Morgan fingerprint density at radius 1 is 1.41 bits per heavy atom. The first-order chi connectivity index (χ1) is 10.6. The van der Waals surface area contributed by atoms with Crippen LogP contribution in [-0.4, -0.2) is 48.4 Å². The molecule has 0 bridgehead atoms. The standard InChI is InChI=1S/C15H18N2O4S/c1-2-7-21-15(20)16-11-3-4-13(12(10-11)14(18)19)17-5-8-22-9-6-17/h2-4,10H,1,5-9H2,(H,16,20)(H,18,19). The van der Waals surface area contributed by atoms with Gasteiger partial charge in [0.25, 0.3) is 0 Å². The lowest BCUT2D eigenvalue weighted by atomic mass is 10.1. The Labute approximate surface area is 133 Å². The SMILES string of the molecule is C=CCOC(=O)Nc1ccc(N2CCSCC2)c(C(=O)O)c1. The summed E-state index contributed by atoms with van der Waals surface area (Å²) in [7, 11) is 0. The first-order valence-electron chi connectivity index (χ1n) is 6.86. The molecule has 0 aliphatic carbocycles. The summed E-state index contributed by atoms with van der Waals surface area (Å²) in [6, 6.07) is 4.86. The van der Waals surface area contributed by atoms with Crippen molar-refractivity contribution in [2.24, 2.45) is 0 Å². The predicted molar refractivity (Wildman–Crippen MR) is 88.1 cm³/mol. The van der Waals surface area contributed by atoms with Gasteiger partial charge in [0.1, 0.15) is 6.61 Å². The zero-order chi connectivity index (χ0) is 15.9. The predicted octanol–water partition coefficient (Wildman–Crippen LogP) is 2.67. The number of thioether (sulfide) groups is 1. The van der Waals surface area contributed by atoms with E-state index in [2.05, 4.69) is 16.8 Å². The number of benzene rings is 1. The number of ether oxygens (including phenoxy) is 1. The molecule has 1 saturated heterocycles. The average molecular weight is 322 g/mol. The van der Waals surface area contributed by atoms with E-state index in [-0.39, 0.29) is 12.2 Å². The summed E-state index contributed by atoms with van der Waals surface area (Å²) in [5.41, 5.74) is 1.24. The van der Waals surface area contributed by atoms with Crippen molar-refractivity contribution in [3.8, 4) is 0 Å². The Morgan fingerprint density at radius 2 is 2.14 bits per heavy atom. The minimum absolute atomic E-state index is 0.0984. The number of amides is 1. The van der Waals surface area contributed by atoms with Gasteiger partial charge in [-0.1, -0.05) is 12.7 Å². The second-order valence-corrected chi connectivity index (χ2v) is 5.87. The molecule has 1 fully saturated rings. The molecule has 1 aromatic rings. The smallest absolute Gasteiger partial charge is 0.411 e. The third-order valence-corrected chi connectivity index (χ3v) is 4.10. The molecule has 0 spiro atoms. The number of carboxylic acids is 1. The van der Waals surface area contributed by atoms with Crippen LogP contribution in [0.4, 0.5) is 16.2 Å². The number of carboxylic acid groups (broad SMARTS) is 1. The van der Waals surface area contributed by atoms with Crippen LogP contribution in [0.25, 0.3) is 0 Å². The largest absolute Gasteiger partial charge is 0.478 e. The van der Waals surface area contributed by atoms with Crippen molar-refractivity contribution in [1.82, 2.24) is 0 Å². The van der Waals surface area contributed by atoms with Crippen molar-refractivity contribution in [3.63, 3.8) is 0 Å². The van der Waals surface area contributed by atoms with Gasteiger partial charge in [-0.15, -0.1) is 0 Å². The van der Waals surface area contributed by atoms with Crippen molar-refractivity contribution in [2.45, 2.75) is 0 Å². The van der Waals surface area contributed by atoms with E-state index in [0.717, 1.165) is 24.6 Å². The molecule has 1 aromatic carbocycles. The van der Waals surface area contributed by atoms with E-state index < -0.39 is 12.1 Å². The lowest BCUT2D eigenvalue weighted by molar-refractivity contribution is 0.0697. The van der Waals surface area contributed by atoms with Crippen molar-refractivity contribution >= 4 is 35.2 Å². The molecule has 0 unspecified atom stereocenters. The zero-order valence-electron chi connectivity index (χ0n) is 12.1. The van der Waals surface area contributed by atoms with Crippen LogP contribution in [0.1, 0.15) is 10.4 Å². The quantitative estimate of drug-likeness (QED) is 0.812. The van der Waals surface area contributed by atoms with E-state index in [1.807, 2.05) is 11.8 Å². The summed E-state index contributed by atoms with van der Waals surface area (Å²) < 4.78 is 4.81. The summed E-state index contributed by atoms with van der Waals surface area (Å²) in [6.07, 6.45) is 0.818. The van der Waals surface area contributed by atoms with Crippen LogP contribution in [0.5, 0.6) is 0 Å². The molecule has 1 amide bonds. The fraction of sp³-hybridized carbons (Fsp3) is 0.333. The monoisotopic (exact) mass is 322 g/mol. The first-order valence-corrected chi connectivity index (χ1v) is 8.02. The lowest BCUT2D eigenvalue weighted by Crippen LogP contribution is -2.33. The number of anilines is 2. The highest BCUT2D eigenvalue weighted by Gasteiger charge is 2.19. The molecule has 2 rings (SSSR count). The number of rotatable bonds is 5. The molecule has 1 aliphatic rings. The van der Waals surface area contributed by atoms with Crippen LogP contribution in [0.3, 0.4) is 0 Å². The Balaban J connectivity index is 2.17. The topological polar surface area (TPSA) is 78.9 Å². The molecule has 0 atom stereocenters. The van der Waals surface area contributed by atoms with Gasteiger partial charge < -0.3 is 14.7 Å². The Hall–Kier alpha value is -2.15. The summed E-state index contributed by atoms with van der Waals surface area (Å²) >= 11 is 1.86. The van der Waals surface area contributed by atoms with E-state index >= 15 is 0 Å². The Bertz CT molecular complexity index is 571. The number of carbonyl (C=O) groups is 2. The maximum Gasteiger partial charge on any atom is 0.411 e. The molecule has 6 nitrogen and oxygen atoms in total. The second-order valence-electron chi connectivity index (χ2n) is 4.65. The number of aromatic carboxylic acids is 1. The summed E-state index contributed by atoms with van der Waals surface area (Å²) in [4.78, 5) is 25.0. The summed E-state index contributed by atoms with van der Waals surface area (Å²) in [5.74, 6) is 0.941. The molecule has 7 heteroatoms. The van der Waals surface area contributed by atoms with E-state index in [0.29, 0.717) is 11.4 Å². The molecule has 1 aliphatic heterocycles. The van der Waals surface area contributed by atoms with Crippen LogP contribution in [0.15, 0.2) is 30.9 Å². The van der Waals surface area contributed by atoms with Crippen molar-refractivity contribution in [3.05, 3.63) is 36.4 Å². The van der Waals surface area contributed by atoms with Crippen molar-refractivity contribution in [1.29, 1.82) is 0 Å². The molecule has 2 N–H and O–H groups in total. The first kappa shape index (κ1) is 16.2. The lowest BCUT2D eigenvalue weighted by Gasteiger charge is -2.29. The molecular weight excluding hydrogens is 304 g/mol. The van der Waals surface area contributed by atoms with Crippen LogP contribution in [0.2, 0.25) is 0 Å². The van der Waals surface area contributed by atoms with Gasteiger partial charge in [0.15, 0.2) is 0 Å². The Morgan fingerprint density at radius 3 is 2.77 bits per heavy atom. The molecule has 0 radical (unpaired) electrons. The molecule has 22 heavy (non-hydrogen) atoms. The fourth-order valence-electron chi connectivity index (χ4n) is 2.15. The minimum atomic E-state index is -1.02. The number of carbonyl (C=O) groups excluding carboxylic acids is 1. The summed E-state index contributed by atoms with van der Waals surface area (Å²) in [6.45, 7) is 5.19. The van der Waals surface area contributed by atoms with Gasteiger partial charge in [-0.05, 0) is 18.2 Å². The van der Waals surface area contributed by atoms with E-state index in [4.69, 9.17) is 4.74 Å². The molecule has 1 heterocycles. The summed E-state index contributed by atoms with van der Waals surface area (Å²) in [5, 5.41) is 11.9. The fourth-order valence-corrected chi connectivity index (χ4v) is 3.06. The maximum atomic E-state index is 11.5. The van der Waals surface area contributed by atoms with Gasteiger partial charge in [0, 0.05) is 30.3 Å². The van der Waals surface area contributed by atoms with Gasteiger partial charge in [0.2, 0.25) is 0 Å². The average Bonchev–Trinajstić information content (AvgIpc) is 2.53. The van der Waals surface area contributed by atoms with Crippen LogP contribution < -0.4 is 10.2 Å². The maximum absolute atomic E-state index is 11.5. The second kappa shape index (κ2) is 7.74. The third-order valence-electron chi connectivity index (χ3n) is 3.16. The van der Waals surface area contributed by atoms with Gasteiger partial charge in [0.05, 0.1) is 11.3 Å². The number of hydrogen-bond donors (Lipinski definition) is 2. The van der Waals surface area contributed by atoms with E-state index in [1.54, 1.807) is 12.1 Å². The Kier molecular flexibility index (Phi) is 5.71. The van der Waals surface area contributed by atoms with Crippen LogP contribution in [-0.2, 0) is 4.74 Å². The number of nitrogens with zero attached hydrogens (tertiary/aromatic N) is 1. The van der Waals surface area contributed by atoms with Gasteiger partial charge in [-0.25, -0.2) is 9.59 Å². The van der Waals surface area contributed by atoms with Gasteiger partial charge in [-0.3, -0.25) is 5.32 Å². The minimum Gasteiger partial charge on any atom is -0.478 e. The highest BCUT2D eigenvalue weighted by atomic mass is 32.2. The normalized spacial score (nSPS) is 14.3. The molecule has 0 saturated carbocycles. The van der Waals surface area contributed by atoms with Crippen LogP contribution in [0, 0.1) is 0 Å². The number of nitrogens with one attached hydrogen (secondary N) is 1. The van der Waals surface area contributed by atoms with Crippen molar-refractivity contribution < 1.29 is 19.4 Å². The molecular formula is C15H18N2O4S. The number of hydrogen-bond acceptors (Lipinski definition) is 5. The highest BCUT2D eigenvalue weighted by molar-refractivity contribution is 7.99. The van der Waals surface area contributed by atoms with Crippen LogP contribution >= 0.6 is 11.8 Å². The van der Waals surface area contributed by atoms with E-state index in [9.17, 15) is 14.7 Å². The van der Waals surface area contributed by atoms with Gasteiger partial charge in [-0.2, -0.15) is 11.8 Å².